The van der Waals surface area contributed by atoms with E-state index in [0.717, 1.165) is 103 Å². The van der Waals surface area contributed by atoms with E-state index >= 15 is 0 Å². The summed E-state index contributed by atoms with van der Waals surface area (Å²) >= 11 is 0. The summed E-state index contributed by atoms with van der Waals surface area (Å²) < 4.78 is 11.4. The van der Waals surface area contributed by atoms with Crippen molar-refractivity contribution in [3.63, 3.8) is 0 Å². The highest BCUT2D eigenvalue weighted by molar-refractivity contribution is 5.76. The van der Waals surface area contributed by atoms with Crippen LogP contribution in [0.5, 0.6) is 0 Å². The largest absolute Gasteiger partial charge is 0.394 e. The summed E-state index contributed by atoms with van der Waals surface area (Å²) in [6.45, 7) is 3.74. The molecule has 0 saturated carbocycles. The molecule has 0 aromatic rings. The van der Waals surface area contributed by atoms with Gasteiger partial charge in [0, 0.05) is 6.42 Å². The fraction of sp³-hybridized carbons (Fsp3) is 0.789. The Balaban J connectivity index is 2.17. The second-order valence-corrected chi connectivity index (χ2v) is 23.2. The molecule has 7 unspecified atom stereocenters. The van der Waals surface area contributed by atoms with Crippen molar-refractivity contribution >= 4 is 5.91 Å². The van der Waals surface area contributed by atoms with Crippen LogP contribution in [0.25, 0.3) is 0 Å². The summed E-state index contributed by atoms with van der Waals surface area (Å²) in [5.41, 5.74) is 0. The first kappa shape index (κ1) is 75.4. The van der Waals surface area contributed by atoms with Crippen LogP contribution in [0.15, 0.2) is 85.1 Å². The molecule has 0 radical (unpaired) electrons. The lowest BCUT2D eigenvalue weighted by atomic mass is 9.99. The van der Waals surface area contributed by atoms with E-state index < -0.39 is 49.5 Å². The minimum atomic E-state index is -1.56. The van der Waals surface area contributed by atoms with E-state index in [1.165, 1.54) is 173 Å². The molecule has 1 aliphatic rings. The Morgan fingerprint density at radius 2 is 0.775 bits per heavy atom. The van der Waals surface area contributed by atoms with E-state index in [2.05, 4.69) is 104 Å². The zero-order valence-corrected chi connectivity index (χ0v) is 51.8. The predicted octanol–water partition coefficient (Wildman–Crippen LogP) is 18.1. The molecule has 1 fully saturated rings. The van der Waals surface area contributed by atoms with Gasteiger partial charge in [-0.15, -0.1) is 0 Å². The van der Waals surface area contributed by atoms with E-state index in [0.29, 0.717) is 12.8 Å². The van der Waals surface area contributed by atoms with Crippen LogP contribution in [0.3, 0.4) is 0 Å². The summed E-state index contributed by atoms with van der Waals surface area (Å²) in [7, 11) is 0. The number of aliphatic hydroxyl groups is 5. The average molecular weight is 1120 g/mol. The first-order chi connectivity index (χ1) is 39.3. The zero-order chi connectivity index (χ0) is 57.9. The van der Waals surface area contributed by atoms with Gasteiger partial charge in [-0.3, -0.25) is 4.79 Å². The maximum Gasteiger partial charge on any atom is 0.220 e. The highest BCUT2D eigenvalue weighted by Crippen LogP contribution is 2.23. The maximum absolute atomic E-state index is 13.1. The number of aliphatic hydroxyl groups excluding tert-OH is 5. The molecule has 0 aliphatic carbocycles. The highest BCUT2D eigenvalue weighted by atomic mass is 16.7. The molecule has 6 N–H and O–H groups in total. The quantitative estimate of drug-likeness (QED) is 0.0261. The SMILES string of the molecule is CC/C=C\C/C=C\C/C=C\C/C=C\C/C=C\C/C=C\C/C=C\CCCCCCCC(=O)NC(COC1OC(CO)C(O)C(O)C1O)C(O)CCCCCCCCCCCCCCCCCCCCCCCCCCCCCCCC. The minimum Gasteiger partial charge on any atom is -0.394 e. The van der Waals surface area contributed by atoms with Crippen LogP contribution in [0.2, 0.25) is 0 Å². The first-order valence-corrected chi connectivity index (χ1v) is 33.8. The second-order valence-electron chi connectivity index (χ2n) is 23.2. The number of rotatable bonds is 58. The van der Waals surface area contributed by atoms with Crippen LogP contribution in [0, 0.1) is 0 Å². The average Bonchev–Trinajstić information content (AvgIpc) is 3.46. The molecule has 0 bridgehead atoms. The van der Waals surface area contributed by atoms with E-state index in [-0.39, 0.29) is 12.5 Å². The number of unbranched alkanes of at least 4 members (excludes halogenated alkanes) is 34. The lowest BCUT2D eigenvalue weighted by Gasteiger charge is -2.40. The van der Waals surface area contributed by atoms with Gasteiger partial charge in [-0.2, -0.15) is 0 Å². The summed E-state index contributed by atoms with van der Waals surface area (Å²) in [5.74, 6) is -0.162. The molecule has 9 heteroatoms. The molecule has 7 atom stereocenters. The molecule has 1 aliphatic heterocycles. The molecular formula is C71H127NO8. The fourth-order valence-corrected chi connectivity index (χ4v) is 10.5. The molecule has 1 amide bonds. The fourth-order valence-electron chi connectivity index (χ4n) is 10.5. The number of amides is 1. The molecule has 0 spiro atoms. The van der Waals surface area contributed by atoms with Gasteiger partial charge in [-0.1, -0.05) is 311 Å². The lowest BCUT2D eigenvalue weighted by molar-refractivity contribution is -0.302. The Bertz CT molecular complexity index is 1540. The van der Waals surface area contributed by atoms with Gasteiger partial charge < -0.3 is 40.3 Å². The van der Waals surface area contributed by atoms with Crippen molar-refractivity contribution in [1.82, 2.24) is 5.32 Å². The molecule has 0 aromatic heterocycles. The smallest absolute Gasteiger partial charge is 0.220 e. The number of carbonyl (C=O) groups excluding carboxylic acids is 1. The summed E-state index contributed by atoms with van der Waals surface area (Å²) in [6.07, 6.45) is 77.8. The van der Waals surface area contributed by atoms with Gasteiger partial charge in [0.05, 0.1) is 25.4 Å². The number of allylic oxidation sites excluding steroid dienone is 14. The number of hydrogen-bond acceptors (Lipinski definition) is 8. The van der Waals surface area contributed by atoms with Crippen molar-refractivity contribution in [2.45, 2.75) is 346 Å². The van der Waals surface area contributed by atoms with Crippen LogP contribution < -0.4 is 5.32 Å². The summed E-state index contributed by atoms with van der Waals surface area (Å²) in [6, 6.07) is -0.738. The highest BCUT2D eigenvalue weighted by Gasteiger charge is 2.44. The van der Waals surface area contributed by atoms with Crippen LogP contribution in [0.4, 0.5) is 0 Å². The Morgan fingerprint density at radius 3 is 1.15 bits per heavy atom. The van der Waals surface area contributed by atoms with E-state index in [1.807, 2.05) is 0 Å². The van der Waals surface area contributed by atoms with Crippen molar-refractivity contribution < 1.29 is 39.8 Å². The minimum absolute atomic E-state index is 0.150. The molecule has 1 heterocycles. The van der Waals surface area contributed by atoms with Gasteiger partial charge in [-0.25, -0.2) is 0 Å². The Morgan fingerprint density at radius 1 is 0.438 bits per heavy atom. The molecule has 1 saturated heterocycles. The second kappa shape index (κ2) is 59.5. The Labute approximate surface area is 492 Å². The molecule has 0 aromatic carbocycles. The molecule has 1 rings (SSSR count). The van der Waals surface area contributed by atoms with Crippen LogP contribution in [-0.2, 0) is 14.3 Å². The normalized spacial score (nSPS) is 19.0. The van der Waals surface area contributed by atoms with E-state index in [1.54, 1.807) is 0 Å². The molecule has 80 heavy (non-hydrogen) atoms. The molecule has 9 nitrogen and oxygen atoms in total. The Hall–Kier alpha value is -2.63. The van der Waals surface area contributed by atoms with Crippen molar-refractivity contribution in [2.24, 2.45) is 0 Å². The van der Waals surface area contributed by atoms with Gasteiger partial charge in [-0.05, 0) is 70.6 Å². The van der Waals surface area contributed by atoms with Gasteiger partial charge in [0.1, 0.15) is 24.4 Å². The van der Waals surface area contributed by atoms with Crippen molar-refractivity contribution in [3.8, 4) is 0 Å². The van der Waals surface area contributed by atoms with Crippen molar-refractivity contribution in [1.29, 1.82) is 0 Å². The number of ether oxygens (including phenoxy) is 2. The van der Waals surface area contributed by atoms with Crippen molar-refractivity contribution in [2.75, 3.05) is 13.2 Å². The van der Waals surface area contributed by atoms with Crippen molar-refractivity contribution in [3.05, 3.63) is 85.1 Å². The summed E-state index contributed by atoms with van der Waals surface area (Å²) in [4.78, 5) is 13.1. The zero-order valence-electron chi connectivity index (χ0n) is 51.8. The van der Waals surface area contributed by atoms with Gasteiger partial charge in [0.15, 0.2) is 6.29 Å². The molecule has 464 valence electrons. The Kier molecular flexibility index (Phi) is 56.1. The van der Waals surface area contributed by atoms with E-state index in [9.17, 15) is 30.3 Å². The lowest BCUT2D eigenvalue weighted by Crippen LogP contribution is -2.60. The topological polar surface area (TPSA) is 149 Å². The monoisotopic (exact) mass is 1120 g/mol. The third kappa shape index (κ3) is 47.8. The third-order valence-electron chi connectivity index (χ3n) is 15.8. The van der Waals surface area contributed by atoms with Gasteiger partial charge in [0.2, 0.25) is 5.91 Å². The van der Waals surface area contributed by atoms with Crippen LogP contribution in [0.1, 0.15) is 303 Å². The van der Waals surface area contributed by atoms with Gasteiger partial charge in [0.25, 0.3) is 0 Å². The number of hydrogen-bond donors (Lipinski definition) is 6. The first-order valence-electron chi connectivity index (χ1n) is 33.8. The third-order valence-corrected chi connectivity index (χ3v) is 15.8. The predicted molar refractivity (Wildman–Crippen MR) is 341 cm³/mol. The molecular weight excluding hydrogens is 995 g/mol. The maximum atomic E-state index is 13.1. The summed E-state index contributed by atoms with van der Waals surface area (Å²) in [5, 5.41) is 54.9. The van der Waals surface area contributed by atoms with E-state index in [4.69, 9.17) is 9.47 Å². The van der Waals surface area contributed by atoms with Crippen LogP contribution in [-0.4, -0.2) is 87.5 Å². The number of nitrogens with one attached hydrogen (secondary N) is 1. The number of carbonyl (C=O) groups is 1. The standard InChI is InChI=1S/C71H127NO8/c1-3-5-7-9-11-13-15-17-19-21-23-25-27-29-31-32-33-35-36-38-40-42-44-46-48-50-52-54-56-58-60-65(74)64(63-79-71-70(78)69(77)68(76)66(62-73)80-71)72-67(75)61-59-57-55-53-51-49-47-45-43-41-39-37-34-30-28-26-24-22-20-18-16-14-12-10-8-6-4-2/h6,8,12,14,18,20,24,26,30,34,39,41,45,47,64-66,68-71,73-74,76-78H,3-5,7,9-11,13,15-17,19,21-23,25,27-29,31-33,35-38,40,42-44,46,48-63H2,1-2H3,(H,72,75)/b8-6-,14-12-,20-18-,26-24-,34-30-,41-39-,47-45-. The van der Waals surface area contributed by atoms with Crippen LogP contribution >= 0.6 is 0 Å². The van der Waals surface area contributed by atoms with Gasteiger partial charge >= 0.3 is 0 Å².